The summed E-state index contributed by atoms with van der Waals surface area (Å²) < 4.78 is 6.05. The van der Waals surface area contributed by atoms with Gasteiger partial charge in [0.05, 0.1) is 5.52 Å². The number of carbonyl (C=O) groups excluding carboxylic acids is 1. The number of fused-ring (bicyclic) bond motifs is 1. The number of oxazole rings is 1. The standard InChI is InChI=1S/C17H15ClN2O3/c18-13-8-2-1-6-12(13)7-5-11-19-16(21)20-14-9-3-4-10-15(14)23-17(20)22/h1-4,6,8-10H,5,7,11H2,(H,19,21). The summed E-state index contributed by atoms with van der Waals surface area (Å²) >= 11 is 6.09. The normalized spacial score (nSPS) is 10.8. The molecule has 1 amide bonds. The fraction of sp³-hybridized carbons (Fsp3) is 0.176. The van der Waals surface area contributed by atoms with Gasteiger partial charge in [0.15, 0.2) is 5.58 Å². The van der Waals surface area contributed by atoms with Gasteiger partial charge < -0.3 is 9.73 Å². The molecule has 0 spiro atoms. The molecule has 0 aliphatic heterocycles. The molecule has 118 valence electrons. The predicted octanol–water partition coefficient (Wildman–Crippen LogP) is 3.44. The lowest BCUT2D eigenvalue weighted by Gasteiger charge is -2.06. The molecule has 6 heteroatoms. The Bertz CT molecular complexity index is 898. The van der Waals surface area contributed by atoms with E-state index in [1.807, 2.05) is 24.3 Å². The van der Waals surface area contributed by atoms with Crippen LogP contribution in [0.15, 0.2) is 57.7 Å². The van der Waals surface area contributed by atoms with E-state index in [-0.39, 0.29) is 0 Å². The first-order valence-electron chi connectivity index (χ1n) is 7.29. The Kier molecular flexibility index (Phi) is 4.48. The first kappa shape index (κ1) is 15.4. The third kappa shape index (κ3) is 3.29. The highest BCUT2D eigenvalue weighted by atomic mass is 35.5. The molecule has 1 N–H and O–H groups in total. The average molecular weight is 331 g/mol. The van der Waals surface area contributed by atoms with Gasteiger partial charge in [-0.05, 0) is 36.6 Å². The minimum absolute atomic E-state index is 0.392. The van der Waals surface area contributed by atoms with E-state index in [0.29, 0.717) is 17.6 Å². The fourth-order valence-electron chi connectivity index (χ4n) is 2.41. The zero-order valence-corrected chi connectivity index (χ0v) is 13.0. The molecule has 0 fully saturated rings. The van der Waals surface area contributed by atoms with Crippen molar-refractivity contribution >= 4 is 28.7 Å². The minimum Gasteiger partial charge on any atom is -0.407 e. The van der Waals surface area contributed by atoms with Gasteiger partial charge in [-0.1, -0.05) is 41.9 Å². The highest BCUT2D eigenvalue weighted by Gasteiger charge is 2.14. The van der Waals surface area contributed by atoms with Crippen LogP contribution < -0.4 is 11.1 Å². The van der Waals surface area contributed by atoms with Crippen LogP contribution in [-0.4, -0.2) is 17.1 Å². The third-order valence-electron chi connectivity index (χ3n) is 3.55. The van der Waals surface area contributed by atoms with Gasteiger partial charge in [0.25, 0.3) is 0 Å². The van der Waals surface area contributed by atoms with Gasteiger partial charge in [0, 0.05) is 11.6 Å². The van der Waals surface area contributed by atoms with Crippen LogP contribution in [0.4, 0.5) is 4.79 Å². The Balaban J connectivity index is 1.62. The van der Waals surface area contributed by atoms with E-state index in [1.165, 1.54) is 0 Å². The third-order valence-corrected chi connectivity index (χ3v) is 3.91. The van der Waals surface area contributed by atoms with Crippen LogP contribution in [0, 0.1) is 0 Å². The van der Waals surface area contributed by atoms with Crippen molar-refractivity contribution in [2.45, 2.75) is 12.8 Å². The number of aromatic nitrogens is 1. The average Bonchev–Trinajstić information content (AvgIpc) is 2.88. The van der Waals surface area contributed by atoms with Crippen LogP contribution in [0.2, 0.25) is 5.02 Å². The summed E-state index contributed by atoms with van der Waals surface area (Å²) in [6.45, 7) is 0.440. The van der Waals surface area contributed by atoms with Gasteiger partial charge in [-0.15, -0.1) is 0 Å². The van der Waals surface area contributed by atoms with Crippen LogP contribution in [0.25, 0.3) is 11.1 Å². The number of carbonyl (C=O) groups is 1. The molecule has 3 aromatic rings. The molecule has 0 aliphatic carbocycles. The van der Waals surface area contributed by atoms with Gasteiger partial charge in [-0.3, -0.25) is 0 Å². The second-order valence-electron chi connectivity index (χ2n) is 5.10. The van der Waals surface area contributed by atoms with Crippen LogP contribution >= 0.6 is 11.6 Å². The molecule has 1 heterocycles. The Morgan fingerprint density at radius 1 is 1.13 bits per heavy atom. The van der Waals surface area contributed by atoms with E-state index in [0.717, 1.165) is 28.0 Å². The lowest BCUT2D eigenvalue weighted by Crippen LogP contribution is -2.34. The van der Waals surface area contributed by atoms with Crippen LogP contribution in [0.1, 0.15) is 12.0 Å². The van der Waals surface area contributed by atoms with Gasteiger partial charge in [-0.25, -0.2) is 9.59 Å². The van der Waals surface area contributed by atoms with Crippen molar-refractivity contribution in [1.82, 2.24) is 9.88 Å². The van der Waals surface area contributed by atoms with Crippen LogP contribution in [-0.2, 0) is 6.42 Å². The molecule has 0 aliphatic rings. The number of nitrogens with one attached hydrogen (secondary N) is 1. The van der Waals surface area contributed by atoms with E-state index < -0.39 is 11.8 Å². The summed E-state index contributed by atoms with van der Waals surface area (Å²) in [7, 11) is 0. The highest BCUT2D eigenvalue weighted by molar-refractivity contribution is 6.31. The van der Waals surface area contributed by atoms with Gasteiger partial charge >= 0.3 is 11.8 Å². The molecule has 23 heavy (non-hydrogen) atoms. The van der Waals surface area contributed by atoms with Gasteiger partial charge in [-0.2, -0.15) is 4.57 Å². The van der Waals surface area contributed by atoms with E-state index >= 15 is 0 Å². The smallest absolute Gasteiger partial charge is 0.407 e. The number of halogens is 1. The summed E-state index contributed by atoms with van der Waals surface area (Å²) in [6.07, 6.45) is 1.47. The molecule has 0 bridgehead atoms. The Morgan fingerprint density at radius 3 is 2.70 bits per heavy atom. The van der Waals surface area contributed by atoms with Crippen LogP contribution in [0.3, 0.4) is 0 Å². The number of hydrogen-bond donors (Lipinski definition) is 1. The maximum atomic E-state index is 12.2. The Labute approximate surface area is 137 Å². The number of amides is 1. The monoisotopic (exact) mass is 330 g/mol. The molecule has 5 nitrogen and oxygen atoms in total. The summed E-state index contributed by atoms with van der Waals surface area (Å²) in [4.78, 5) is 24.0. The molecule has 0 saturated carbocycles. The quantitative estimate of drug-likeness (QED) is 0.745. The van der Waals surface area contributed by atoms with E-state index in [2.05, 4.69) is 5.32 Å². The number of benzene rings is 2. The van der Waals surface area contributed by atoms with Crippen molar-refractivity contribution in [2.24, 2.45) is 0 Å². The minimum atomic E-state index is -0.685. The van der Waals surface area contributed by atoms with Crippen molar-refractivity contribution in [3.8, 4) is 0 Å². The molecule has 0 atom stereocenters. The van der Waals surface area contributed by atoms with Gasteiger partial charge in [0.1, 0.15) is 0 Å². The topological polar surface area (TPSA) is 64.2 Å². The summed E-state index contributed by atoms with van der Waals surface area (Å²) in [5, 5.41) is 3.45. The fourth-order valence-corrected chi connectivity index (χ4v) is 2.64. The predicted molar refractivity (Wildman–Crippen MR) is 89.0 cm³/mol. The first-order valence-corrected chi connectivity index (χ1v) is 7.67. The lowest BCUT2D eigenvalue weighted by molar-refractivity contribution is 0.241. The summed E-state index contributed by atoms with van der Waals surface area (Å²) in [6, 6.07) is 13.9. The van der Waals surface area contributed by atoms with Crippen molar-refractivity contribution in [1.29, 1.82) is 0 Å². The van der Waals surface area contributed by atoms with Crippen molar-refractivity contribution in [3.05, 3.63) is 69.7 Å². The SMILES string of the molecule is O=C(NCCCc1ccccc1Cl)n1c(=O)oc2ccccc21. The number of rotatable bonds is 4. The first-order chi connectivity index (χ1) is 11.2. The lowest BCUT2D eigenvalue weighted by atomic mass is 10.1. The van der Waals surface area contributed by atoms with Gasteiger partial charge in [0.2, 0.25) is 0 Å². The molecule has 0 radical (unpaired) electrons. The maximum absolute atomic E-state index is 12.2. The van der Waals surface area contributed by atoms with E-state index in [4.69, 9.17) is 16.0 Å². The summed E-state index contributed by atoms with van der Waals surface area (Å²) in [5.74, 6) is -0.685. The zero-order valence-electron chi connectivity index (χ0n) is 12.3. The second kappa shape index (κ2) is 6.71. The number of nitrogens with zero attached hydrogens (tertiary/aromatic N) is 1. The largest absolute Gasteiger partial charge is 0.428 e. The second-order valence-corrected chi connectivity index (χ2v) is 5.51. The number of hydrogen-bond acceptors (Lipinski definition) is 3. The maximum Gasteiger partial charge on any atom is 0.428 e. The molecule has 0 saturated heterocycles. The Hall–Kier alpha value is -2.53. The Morgan fingerprint density at radius 2 is 1.87 bits per heavy atom. The molecule has 1 aromatic heterocycles. The van der Waals surface area contributed by atoms with Crippen LogP contribution in [0.5, 0.6) is 0 Å². The molecular formula is C17H15ClN2O3. The van der Waals surface area contributed by atoms with Crippen molar-refractivity contribution < 1.29 is 9.21 Å². The van der Waals surface area contributed by atoms with Crippen molar-refractivity contribution in [3.63, 3.8) is 0 Å². The van der Waals surface area contributed by atoms with Crippen molar-refractivity contribution in [2.75, 3.05) is 6.54 Å². The number of aryl methyl sites for hydroxylation is 1. The molecule has 0 unspecified atom stereocenters. The molecule has 2 aromatic carbocycles. The van der Waals surface area contributed by atoms with E-state index in [1.54, 1.807) is 24.3 Å². The molecular weight excluding hydrogens is 316 g/mol. The number of para-hydroxylation sites is 2. The molecule has 3 rings (SSSR count). The summed E-state index contributed by atoms with van der Waals surface area (Å²) in [5.41, 5.74) is 1.89. The zero-order chi connectivity index (χ0) is 16.2. The highest BCUT2D eigenvalue weighted by Crippen LogP contribution is 2.16. The van der Waals surface area contributed by atoms with E-state index in [9.17, 15) is 9.59 Å².